The second-order valence-electron chi connectivity index (χ2n) is 5.04. The topological polar surface area (TPSA) is 55.1 Å². The fourth-order valence-corrected chi connectivity index (χ4v) is 3.08. The van der Waals surface area contributed by atoms with Crippen molar-refractivity contribution in [3.05, 3.63) is 0 Å². The van der Waals surface area contributed by atoms with Gasteiger partial charge in [-0.2, -0.15) is 0 Å². The van der Waals surface area contributed by atoms with Gasteiger partial charge in [-0.15, -0.1) is 0 Å². The monoisotopic (exact) mass is 196 g/mol. The molecule has 3 heteroatoms. The number of nitrogens with two attached hydrogens (primary N) is 1. The lowest BCUT2D eigenvalue weighted by Crippen LogP contribution is -2.49. The van der Waals surface area contributed by atoms with Gasteiger partial charge in [0.25, 0.3) is 0 Å². The summed E-state index contributed by atoms with van der Waals surface area (Å²) in [6.45, 7) is 2.26. The van der Waals surface area contributed by atoms with E-state index < -0.39 is 0 Å². The Kier molecular flexibility index (Phi) is 2.52. The van der Waals surface area contributed by atoms with Crippen molar-refractivity contribution in [3.63, 3.8) is 0 Å². The van der Waals surface area contributed by atoms with E-state index in [4.69, 9.17) is 5.73 Å². The van der Waals surface area contributed by atoms with Gasteiger partial charge in [0.05, 0.1) is 6.04 Å². The van der Waals surface area contributed by atoms with Gasteiger partial charge in [-0.1, -0.05) is 12.8 Å². The van der Waals surface area contributed by atoms with E-state index in [9.17, 15) is 4.79 Å². The van der Waals surface area contributed by atoms with Gasteiger partial charge in [0.15, 0.2) is 0 Å². The minimum atomic E-state index is -0.188. The Morgan fingerprint density at radius 3 is 2.50 bits per heavy atom. The smallest absolute Gasteiger partial charge is 0.234 e. The van der Waals surface area contributed by atoms with Crippen LogP contribution in [0.2, 0.25) is 0 Å². The molecule has 3 nitrogen and oxygen atoms in total. The first kappa shape index (κ1) is 9.97. The third kappa shape index (κ3) is 1.65. The van der Waals surface area contributed by atoms with Crippen molar-refractivity contribution in [1.29, 1.82) is 0 Å². The molecule has 1 saturated heterocycles. The minimum Gasteiger partial charge on any atom is -0.368 e. The molecule has 0 spiro atoms. The summed E-state index contributed by atoms with van der Waals surface area (Å²) in [5.41, 5.74) is 5.49. The summed E-state index contributed by atoms with van der Waals surface area (Å²) in [4.78, 5) is 11.1. The Bertz CT molecular complexity index is 235. The van der Waals surface area contributed by atoms with Gasteiger partial charge in [0.1, 0.15) is 0 Å². The summed E-state index contributed by atoms with van der Waals surface area (Å²) < 4.78 is 0. The van der Waals surface area contributed by atoms with Crippen molar-refractivity contribution in [3.8, 4) is 0 Å². The molecule has 80 valence electrons. The Hall–Kier alpha value is -0.570. The Labute approximate surface area is 85.4 Å². The zero-order chi connectivity index (χ0) is 10.2. The van der Waals surface area contributed by atoms with Crippen LogP contribution in [0.3, 0.4) is 0 Å². The number of primary amides is 1. The van der Waals surface area contributed by atoms with E-state index in [0.29, 0.717) is 0 Å². The zero-order valence-electron chi connectivity index (χ0n) is 8.88. The van der Waals surface area contributed by atoms with Crippen molar-refractivity contribution < 1.29 is 4.79 Å². The van der Waals surface area contributed by atoms with Crippen LogP contribution in [-0.4, -0.2) is 17.5 Å². The molecule has 1 aliphatic carbocycles. The molecule has 0 bridgehead atoms. The third-order valence-corrected chi connectivity index (χ3v) is 4.06. The fourth-order valence-electron chi connectivity index (χ4n) is 3.08. The van der Waals surface area contributed by atoms with E-state index in [-0.39, 0.29) is 17.5 Å². The predicted molar refractivity (Wildman–Crippen MR) is 55.7 cm³/mol. The van der Waals surface area contributed by atoms with Gasteiger partial charge in [-0.3, -0.25) is 4.79 Å². The average Bonchev–Trinajstić information content (AvgIpc) is 2.71. The molecule has 2 fully saturated rings. The molecule has 1 aliphatic heterocycles. The molecule has 2 atom stereocenters. The van der Waals surface area contributed by atoms with Crippen molar-refractivity contribution >= 4 is 5.91 Å². The van der Waals surface area contributed by atoms with Crippen LogP contribution < -0.4 is 11.1 Å². The highest BCUT2D eigenvalue weighted by Gasteiger charge is 2.42. The van der Waals surface area contributed by atoms with E-state index in [1.807, 2.05) is 0 Å². The highest BCUT2D eigenvalue weighted by Crippen LogP contribution is 2.39. The Morgan fingerprint density at radius 1 is 1.36 bits per heavy atom. The minimum absolute atomic E-state index is 0.0828. The first-order valence-corrected chi connectivity index (χ1v) is 5.69. The number of carbonyl (C=O) groups excluding carboxylic acids is 1. The van der Waals surface area contributed by atoms with Crippen LogP contribution in [0.5, 0.6) is 0 Å². The van der Waals surface area contributed by atoms with Crippen molar-refractivity contribution in [2.45, 2.75) is 57.0 Å². The van der Waals surface area contributed by atoms with E-state index in [0.717, 1.165) is 18.8 Å². The van der Waals surface area contributed by atoms with Crippen LogP contribution in [0.25, 0.3) is 0 Å². The highest BCUT2D eigenvalue weighted by molar-refractivity contribution is 5.80. The molecular weight excluding hydrogens is 176 g/mol. The molecular formula is C11H20N2O. The van der Waals surface area contributed by atoms with E-state index in [1.165, 1.54) is 25.7 Å². The van der Waals surface area contributed by atoms with Crippen LogP contribution in [-0.2, 0) is 4.79 Å². The summed E-state index contributed by atoms with van der Waals surface area (Å²) >= 11 is 0. The van der Waals surface area contributed by atoms with Gasteiger partial charge >= 0.3 is 0 Å². The molecule has 0 radical (unpaired) electrons. The number of amides is 1. The molecule has 1 amide bonds. The molecule has 0 aromatic rings. The maximum Gasteiger partial charge on any atom is 0.234 e. The lowest BCUT2D eigenvalue weighted by atomic mass is 9.83. The number of carbonyl (C=O) groups is 1. The normalized spacial score (nSPS) is 39.1. The average molecular weight is 196 g/mol. The predicted octanol–water partition coefficient (Wildman–Crippen LogP) is 1.17. The first-order chi connectivity index (χ1) is 6.62. The number of rotatable bonds is 2. The second kappa shape index (κ2) is 3.54. The van der Waals surface area contributed by atoms with Gasteiger partial charge in [0, 0.05) is 5.54 Å². The Balaban J connectivity index is 2.00. The molecule has 14 heavy (non-hydrogen) atoms. The van der Waals surface area contributed by atoms with Gasteiger partial charge in [-0.05, 0) is 38.5 Å². The third-order valence-electron chi connectivity index (χ3n) is 4.06. The SMILES string of the molecule is CC1(C2CCCC2)CCC(C(N)=O)N1. The lowest BCUT2D eigenvalue weighted by Gasteiger charge is -2.32. The number of hydrogen-bond donors (Lipinski definition) is 2. The van der Waals surface area contributed by atoms with E-state index in [2.05, 4.69) is 12.2 Å². The van der Waals surface area contributed by atoms with Gasteiger partial charge in [-0.25, -0.2) is 0 Å². The summed E-state index contributed by atoms with van der Waals surface area (Å²) in [7, 11) is 0. The summed E-state index contributed by atoms with van der Waals surface area (Å²) in [5, 5.41) is 3.43. The van der Waals surface area contributed by atoms with Gasteiger partial charge < -0.3 is 11.1 Å². The van der Waals surface area contributed by atoms with Crippen molar-refractivity contribution in [2.24, 2.45) is 11.7 Å². The quantitative estimate of drug-likeness (QED) is 0.696. The second-order valence-corrected chi connectivity index (χ2v) is 5.04. The number of nitrogens with one attached hydrogen (secondary N) is 1. The summed E-state index contributed by atoms with van der Waals surface area (Å²) in [6, 6.07) is -0.0828. The molecule has 1 saturated carbocycles. The summed E-state index contributed by atoms with van der Waals surface area (Å²) in [6.07, 6.45) is 7.35. The molecule has 3 N–H and O–H groups in total. The van der Waals surface area contributed by atoms with Crippen LogP contribution in [0.4, 0.5) is 0 Å². The van der Waals surface area contributed by atoms with Crippen LogP contribution >= 0.6 is 0 Å². The van der Waals surface area contributed by atoms with Crippen LogP contribution in [0.1, 0.15) is 45.4 Å². The Morgan fingerprint density at radius 2 is 2.00 bits per heavy atom. The highest BCUT2D eigenvalue weighted by atomic mass is 16.1. The van der Waals surface area contributed by atoms with E-state index >= 15 is 0 Å². The molecule has 0 aromatic carbocycles. The molecule has 0 aromatic heterocycles. The van der Waals surface area contributed by atoms with Crippen molar-refractivity contribution in [1.82, 2.24) is 5.32 Å². The molecule has 1 heterocycles. The number of hydrogen-bond acceptors (Lipinski definition) is 2. The lowest BCUT2D eigenvalue weighted by molar-refractivity contribution is -0.119. The molecule has 2 aliphatic rings. The van der Waals surface area contributed by atoms with Crippen LogP contribution in [0.15, 0.2) is 0 Å². The zero-order valence-corrected chi connectivity index (χ0v) is 8.88. The van der Waals surface area contributed by atoms with Crippen LogP contribution in [0, 0.1) is 5.92 Å². The first-order valence-electron chi connectivity index (χ1n) is 5.69. The van der Waals surface area contributed by atoms with Crippen molar-refractivity contribution in [2.75, 3.05) is 0 Å². The molecule has 2 rings (SSSR count). The van der Waals surface area contributed by atoms with Gasteiger partial charge in [0.2, 0.25) is 5.91 Å². The maximum absolute atomic E-state index is 11.1. The maximum atomic E-state index is 11.1. The standard InChI is InChI=1S/C11H20N2O/c1-11(8-4-2-3-5-8)7-6-9(13-11)10(12)14/h8-9,13H,2-7H2,1H3,(H2,12,14). The van der Waals surface area contributed by atoms with E-state index in [1.54, 1.807) is 0 Å². The molecule has 2 unspecified atom stereocenters. The largest absolute Gasteiger partial charge is 0.368 e. The fraction of sp³-hybridized carbons (Fsp3) is 0.909. The summed E-state index contributed by atoms with van der Waals surface area (Å²) in [5.74, 6) is 0.568.